The summed E-state index contributed by atoms with van der Waals surface area (Å²) < 4.78 is 4.84. The number of benzene rings is 1. The van der Waals surface area contributed by atoms with Crippen molar-refractivity contribution in [3.63, 3.8) is 0 Å². The average Bonchev–Trinajstić information content (AvgIpc) is 3.13. The second-order valence-corrected chi connectivity index (χ2v) is 6.84. The summed E-state index contributed by atoms with van der Waals surface area (Å²) in [7, 11) is 1.27. The lowest BCUT2D eigenvalue weighted by molar-refractivity contribution is -0.142. The van der Waals surface area contributed by atoms with Gasteiger partial charge in [-0.25, -0.2) is 4.79 Å². The van der Waals surface area contributed by atoms with Gasteiger partial charge in [-0.2, -0.15) is 0 Å². The summed E-state index contributed by atoms with van der Waals surface area (Å²) in [6.45, 7) is 1.65. The first-order valence-corrected chi connectivity index (χ1v) is 9.14. The monoisotopic (exact) mass is 385 g/mol. The maximum atomic E-state index is 12.9. The lowest BCUT2D eigenvalue weighted by Crippen LogP contribution is -2.55. The average molecular weight is 385 g/mol. The fourth-order valence-corrected chi connectivity index (χ4v) is 3.70. The molecule has 2 aliphatic rings. The van der Waals surface area contributed by atoms with Crippen molar-refractivity contribution >= 4 is 23.7 Å². The Hall–Kier alpha value is -3.16. The number of hydrogen-bond acceptors (Lipinski definition) is 5. The molecule has 28 heavy (non-hydrogen) atoms. The van der Waals surface area contributed by atoms with Gasteiger partial charge in [0.1, 0.15) is 12.1 Å². The minimum absolute atomic E-state index is 0.0648. The zero-order chi connectivity index (χ0) is 20.3. The molecular weight excluding hydrogens is 362 g/mol. The second kappa shape index (κ2) is 8.24. The topological polar surface area (TPSA) is 105 Å². The van der Waals surface area contributed by atoms with Crippen LogP contribution >= 0.6 is 0 Å². The second-order valence-electron chi connectivity index (χ2n) is 6.84. The zero-order valence-electron chi connectivity index (χ0n) is 15.9. The number of hydrogen-bond donors (Lipinski definition) is 2. The van der Waals surface area contributed by atoms with Crippen molar-refractivity contribution in [2.75, 3.05) is 7.11 Å². The van der Waals surface area contributed by atoms with E-state index in [0.717, 1.165) is 5.56 Å². The van der Waals surface area contributed by atoms with Crippen molar-refractivity contribution in [3.8, 4) is 0 Å². The van der Waals surface area contributed by atoms with Crippen LogP contribution in [0.5, 0.6) is 0 Å². The molecule has 3 rings (SSSR count). The standard InChI is InChI=1S/C20H23N3O5/c1-12(24)22-15-10-14(20(27)28-2)16-8-9-17(23(16)19(15)26)18(25)21-11-13-6-4-3-5-7-13/h3-7,15,17H,8-11H2,1-2H3,(H,21,25)(H,22,24). The molecule has 148 valence electrons. The van der Waals surface area contributed by atoms with Crippen molar-refractivity contribution in [2.24, 2.45) is 0 Å². The lowest BCUT2D eigenvalue weighted by Gasteiger charge is -2.34. The Morgan fingerprint density at radius 3 is 2.57 bits per heavy atom. The van der Waals surface area contributed by atoms with Crippen LogP contribution < -0.4 is 10.6 Å². The summed E-state index contributed by atoms with van der Waals surface area (Å²) in [6, 6.07) is 7.84. The molecular formula is C20H23N3O5. The van der Waals surface area contributed by atoms with Gasteiger partial charge in [0, 0.05) is 25.6 Å². The Morgan fingerprint density at radius 1 is 1.21 bits per heavy atom. The molecule has 2 unspecified atom stereocenters. The molecule has 8 heteroatoms. The quantitative estimate of drug-likeness (QED) is 0.724. The van der Waals surface area contributed by atoms with Crippen molar-refractivity contribution in [1.82, 2.24) is 15.5 Å². The van der Waals surface area contributed by atoms with Gasteiger partial charge in [0.15, 0.2) is 0 Å². The number of nitrogens with one attached hydrogen (secondary N) is 2. The zero-order valence-corrected chi connectivity index (χ0v) is 15.9. The van der Waals surface area contributed by atoms with Gasteiger partial charge < -0.3 is 20.3 Å². The molecule has 0 spiro atoms. The van der Waals surface area contributed by atoms with Crippen molar-refractivity contribution in [1.29, 1.82) is 0 Å². The van der Waals surface area contributed by atoms with E-state index in [1.54, 1.807) is 0 Å². The van der Waals surface area contributed by atoms with E-state index in [1.165, 1.54) is 18.9 Å². The predicted octanol–water partition coefficient (Wildman–Crippen LogP) is 0.629. The third-order valence-corrected chi connectivity index (χ3v) is 4.97. The van der Waals surface area contributed by atoms with E-state index in [9.17, 15) is 19.2 Å². The minimum atomic E-state index is -0.891. The van der Waals surface area contributed by atoms with Crippen molar-refractivity contribution in [2.45, 2.75) is 44.8 Å². The number of carbonyl (C=O) groups excluding carboxylic acids is 4. The molecule has 8 nitrogen and oxygen atoms in total. The highest BCUT2D eigenvalue weighted by molar-refractivity contribution is 6.00. The lowest BCUT2D eigenvalue weighted by atomic mass is 9.97. The van der Waals surface area contributed by atoms with Crippen LogP contribution in [0.25, 0.3) is 0 Å². The molecule has 1 saturated heterocycles. The van der Waals surface area contributed by atoms with Crippen LogP contribution in [0.3, 0.4) is 0 Å². The summed E-state index contributed by atoms with van der Waals surface area (Å²) in [4.78, 5) is 50.7. The maximum absolute atomic E-state index is 12.9. The molecule has 2 atom stereocenters. The summed E-state index contributed by atoms with van der Waals surface area (Å²) >= 11 is 0. The summed E-state index contributed by atoms with van der Waals surface area (Å²) in [5.41, 5.74) is 1.79. The van der Waals surface area contributed by atoms with Gasteiger partial charge in [0.25, 0.3) is 0 Å². The van der Waals surface area contributed by atoms with Crippen LogP contribution in [-0.2, 0) is 30.5 Å². The Bertz CT molecular complexity index is 834. The highest BCUT2D eigenvalue weighted by Crippen LogP contribution is 2.36. The molecule has 1 aromatic rings. The van der Waals surface area contributed by atoms with E-state index in [1.807, 2.05) is 30.3 Å². The smallest absolute Gasteiger partial charge is 0.335 e. The third kappa shape index (κ3) is 3.90. The first-order chi connectivity index (χ1) is 13.4. The van der Waals surface area contributed by atoms with Crippen LogP contribution in [0.1, 0.15) is 31.7 Å². The number of carbonyl (C=O) groups is 4. The predicted molar refractivity (Wildman–Crippen MR) is 99.4 cm³/mol. The normalized spacial score (nSPS) is 21.2. The summed E-state index contributed by atoms with van der Waals surface area (Å²) in [6.07, 6.45) is 0.899. The molecule has 3 amide bonds. The number of fused-ring (bicyclic) bond motifs is 1. The number of nitrogens with zero attached hydrogens (tertiary/aromatic N) is 1. The van der Waals surface area contributed by atoms with E-state index < -0.39 is 18.1 Å². The van der Waals surface area contributed by atoms with Crippen LogP contribution in [0.4, 0.5) is 0 Å². The van der Waals surface area contributed by atoms with Gasteiger partial charge >= 0.3 is 5.97 Å². The molecule has 0 bridgehead atoms. The number of amides is 3. The number of rotatable bonds is 5. The Morgan fingerprint density at radius 2 is 1.93 bits per heavy atom. The van der Waals surface area contributed by atoms with E-state index >= 15 is 0 Å². The summed E-state index contributed by atoms with van der Waals surface area (Å²) in [5.74, 6) is -1.60. The molecule has 2 aliphatic heterocycles. The Balaban J connectivity index is 1.82. The first-order valence-electron chi connectivity index (χ1n) is 9.14. The van der Waals surface area contributed by atoms with E-state index in [4.69, 9.17) is 4.74 Å². The fourth-order valence-electron chi connectivity index (χ4n) is 3.70. The molecule has 0 radical (unpaired) electrons. The Labute approximate surface area is 162 Å². The van der Waals surface area contributed by atoms with Gasteiger partial charge in [0.05, 0.1) is 12.7 Å². The molecule has 2 heterocycles. The van der Waals surface area contributed by atoms with Crippen LogP contribution in [0.15, 0.2) is 41.6 Å². The number of esters is 1. The molecule has 1 aromatic carbocycles. The maximum Gasteiger partial charge on any atom is 0.335 e. The highest BCUT2D eigenvalue weighted by atomic mass is 16.5. The van der Waals surface area contributed by atoms with Gasteiger partial charge in [0.2, 0.25) is 17.7 Å². The SMILES string of the molecule is COC(=O)C1=C2CCC(C(=O)NCc3ccccc3)N2C(=O)C(NC(C)=O)C1. The molecule has 1 fully saturated rings. The van der Waals surface area contributed by atoms with Crippen molar-refractivity contribution < 1.29 is 23.9 Å². The van der Waals surface area contributed by atoms with Crippen molar-refractivity contribution in [3.05, 3.63) is 47.2 Å². The number of methoxy groups -OCH3 is 1. The molecule has 0 aromatic heterocycles. The van der Waals surface area contributed by atoms with E-state index in [0.29, 0.717) is 30.7 Å². The van der Waals surface area contributed by atoms with Gasteiger partial charge in [-0.1, -0.05) is 30.3 Å². The van der Waals surface area contributed by atoms with Crippen LogP contribution in [0, 0.1) is 0 Å². The first kappa shape index (κ1) is 19.6. The molecule has 0 saturated carbocycles. The minimum Gasteiger partial charge on any atom is -0.466 e. The van der Waals surface area contributed by atoms with Gasteiger partial charge in [-0.15, -0.1) is 0 Å². The Kier molecular flexibility index (Phi) is 5.77. The van der Waals surface area contributed by atoms with Crippen LogP contribution in [-0.4, -0.2) is 47.8 Å². The molecule has 2 N–H and O–H groups in total. The number of allylic oxidation sites excluding steroid dienone is 1. The third-order valence-electron chi connectivity index (χ3n) is 4.97. The van der Waals surface area contributed by atoms with Gasteiger partial charge in [-0.05, 0) is 18.4 Å². The fraction of sp³-hybridized carbons (Fsp3) is 0.400. The van der Waals surface area contributed by atoms with Crippen LogP contribution in [0.2, 0.25) is 0 Å². The number of ether oxygens (including phenoxy) is 1. The molecule has 0 aliphatic carbocycles. The van der Waals surface area contributed by atoms with E-state index in [2.05, 4.69) is 10.6 Å². The van der Waals surface area contributed by atoms with E-state index in [-0.39, 0.29) is 24.1 Å². The van der Waals surface area contributed by atoms with Gasteiger partial charge in [-0.3, -0.25) is 14.4 Å². The highest BCUT2D eigenvalue weighted by Gasteiger charge is 2.46. The summed E-state index contributed by atoms with van der Waals surface area (Å²) in [5, 5.41) is 5.42. The largest absolute Gasteiger partial charge is 0.466 e.